The lowest BCUT2D eigenvalue weighted by atomic mass is 9.92. The lowest BCUT2D eigenvalue weighted by Crippen LogP contribution is -2.21. The van der Waals surface area contributed by atoms with Gasteiger partial charge in [0.05, 0.1) is 5.69 Å². The van der Waals surface area contributed by atoms with E-state index in [2.05, 4.69) is 10.5 Å². The minimum atomic E-state index is -0.651. The van der Waals surface area contributed by atoms with Gasteiger partial charge in [-0.25, -0.2) is 4.79 Å². The second kappa shape index (κ2) is 9.26. The van der Waals surface area contributed by atoms with Gasteiger partial charge in [-0.1, -0.05) is 68.4 Å². The number of hydrogen-bond donors (Lipinski definition) is 1. The summed E-state index contributed by atoms with van der Waals surface area (Å²) in [4.78, 5) is 24.5. The summed E-state index contributed by atoms with van der Waals surface area (Å²) in [5.41, 5.74) is 1.72. The van der Waals surface area contributed by atoms with Crippen LogP contribution in [0.4, 0.5) is 5.88 Å². The Labute approximate surface area is 175 Å². The van der Waals surface area contributed by atoms with Gasteiger partial charge in [0, 0.05) is 11.5 Å². The van der Waals surface area contributed by atoms with E-state index in [9.17, 15) is 9.59 Å². The van der Waals surface area contributed by atoms with Crippen molar-refractivity contribution in [1.82, 2.24) is 5.16 Å². The summed E-state index contributed by atoms with van der Waals surface area (Å²) in [6.07, 6.45) is 0. The van der Waals surface area contributed by atoms with E-state index >= 15 is 0 Å². The summed E-state index contributed by atoms with van der Waals surface area (Å²) in [7, 11) is 0. The average molecular weight is 408 g/mol. The number of aromatic nitrogens is 1. The minimum absolute atomic E-state index is 0.201. The first-order valence-corrected chi connectivity index (χ1v) is 9.53. The molecule has 30 heavy (non-hydrogen) atoms. The maximum absolute atomic E-state index is 12.5. The van der Waals surface area contributed by atoms with Crippen LogP contribution in [0.15, 0.2) is 65.2 Å². The Balaban J connectivity index is 1.55. The Morgan fingerprint density at radius 1 is 1.03 bits per heavy atom. The van der Waals surface area contributed by atoms with Crippen molar-refractivity contribution in [3.8, 4) is 5.75 Å². The minimum Gasteiger partial charge on any atom is -0.488 e. The van der Waals surface area contributed by atoms with Crippen LogP contribution in [0.2, 0.25) is 0 Å². The molecule has 0 aliphatic rings. The van der Waals surface area contributed by atoms with Crippen molar-refractivity contribution in [2.75, 3.05) is 11.9 Å². The SMILES string of the molecule is CC(C)(C)c1cc(NC(=O)COC(=O)c2ccccc2OCc2ccccc2)on1. The average Bonchev–Trinajstić information content (AvgIpc) is 3.20. The summed E-state index contributed by atoms with van der Waals surface area (Å²) in [5, 5.41) is 6.45. The van der Waals surface area contributed by atoms with Crippen molar-refractivity contribution >= 4 is 17.8 Å². The Kier molecular flexibility index (Phi) is 6.51. The Bertz CT molecular complexity index is 1010. The molecule has 1 heterocycles. The zero-order valence-electron chi connectivity index (χ0n) is 17.2. The quantitative estimate of drug-likeness (QED) is 0.585. The fourth-order valence-electron chi connectivity index (χ4n) is 2.57. The number of amides is 1. The van der Waals surface area contributed by atoms with Gasteiger partial charge in [-0.3, -0.25) is 10.1 Å². The zero-order chi connectivity index (χ0) is 21.6. The molecule has 2 aromatic carbocycles. The second-order valence-corrected chi connectivity index (χ2v) is 7.72. The fourth-order valence-corrected chi connectivity index (χ4v) is 2.57. The number of para-hydroxylation sites is 1. The first-order valence-electron chi connectivity index (χ1n) is 9.53. The predicted octanol–water partition coefficient (Wildman–Crippen LogP) is 4.35. The van der Waals surface area contributed by atoms with Crippen LogP contribution in [0.3, 0.4) is 0 Å². The standard InChI is InChI=1S/C23H24N2O5/c1-23(2,3)19-13-21(30-25-19)24-20(26)15-29-22(27)17-11-7-8-12-18(17)28-14-16-9-5-4-6-10-16/h4-13H,14-15H2,1-3H3,(H,24,26). The van der Waals surface area contributed by atoms with Crippen molar-refractivity contribution in [3.05, 3.63) is 77.5 Å². The summed E-state index contributed by atoms with van der Waals surface area (Å²) in [6, 6.07) is 18.0. The molecule has 7 nitrogen and oxygen atoms in total. The molecule has 0 spiro atoms. The molecule has 156 valence electrons. The highest BCUT2D eigenvalue weighted by Gasteiger charge is 2.20. The van der Waals surface area contributed by atoms with Crippen LogP contribution >= 0.6 is 0 Å². The number of nitrogens with one attached hydrogen (secondary N) is 1. The molecule has 0 fully saturated rings. The van der Waals surface area contributed by atoms with E-state index in [1.54, 1.807) is 30.3 Å². The molecule has 1 aromatic heterocycles. The molecule has 0 aliphatic carbocycles. The van der Waals surface area contributed by atoms with Crippen LogP contribution in [-0.4, -0.2) is 23.6 Å². The maximum Gasteiger partial charge on any atom is 0.342 e. The second-order valence-electron chi connectivity index (χ2n) is 7.72. The van der Waals surface area contributed by atoms with Gasteiger partial charge in [-0.15, -0.1) is 0 Å². The number of benzene rings is 2. The fraction of sp³-hybridized carbons (Fsp3) is 0.261. The first-order chi connectivity index (χ1) is 14.3. The molecule has 0 saturated heterocycles. The monoisotopic (exact) mass is 408 g/mol. The summed E-state index contributed by atoms with van der Waals surface area (Å²) in [6.45, 7) is 5.80. The number of anilines is 1. The Hall–Kier alpha value is -3.61. The third-order valence-corrected chi connectivity index (χ3v) is 4.22. The van der Waals surface area contributed by atoms with E-state index in [-0.39, 0.29) is 16.9 Å². The lowest BCUT2D eigenvalue weighted by Gasteiger charge is -2.12. The first kappa shape index (κ1) is 21.1. The number of carbonyl (C=O) groups excluding carboxylic acids is 2. The molecule has 0 bridgehead atoms. The molecule has 0 aliphatic heterocycles. The van der Waals surface area contributed by atoms with Gasteiger partial charge in [-0.05, 0) is 17.7 Å². The normalized spacial score (nSPS) is 11.0. The van der Waals surface area contributed by atoms with Gasteiger partial charge in [0.15, 0.2) is 6.61 Å². The molecule has 7 heteroatoms. The molecule has 0 atom stereocenters. The molecular weight excluding hydrogens is 384 g/mol. The van der Waals surface area contributed by atoms with Crippen LogP contribution in [0.25, 0.3) is 0 Å². The van der Waals surface area contributed by atoms with Gasteiger partial charge in [-0.2, -0.15) is 0 Å². The van der Waals surface area contributed by atoms with Crippen LogP contribution in [0.5, 0.6) is 5.75 Å². The largest absolute Gasteiger partial charge is 0.488 e. The van der Waals surface area contributed by atoms with Crippen LogP contribution in [0, 0.1) is 0 Å². The van der Waals surface area contributed by atoms with Gasteiger partial charge in [0.2, 0.25) is 5.88 Å². The van der Waals surface area contributed by atoms with E-state index in [1.165, 1.54) is 0 Å². The van der Waals surface area contributed by atoms with Gasteiger partial charge in [0.1, 0.15) is 17.9 Å². The highest BCUT2D eigenvalue weighted by molar-refractivity contribution is 5.96. The summed E-state index contributed by atoms with van der Waals surface area (Å²) >= 11 is 0. The topological polar surface area (TPSA) is 90.7 Å². The van der Waals surface area contributed by atoms with E-state index in [0.29, 0.717) is 18.1 Å². The smallest absolute Gasteiger partial charge is 0.342 e. The number of carbonyl (C=O) groups is 2. The van der Waals surface area contributed by atoms with Crippen molar-refractivity contribution in [2.45, 2.75) is 32.8 Å². The summed E-state index contributed by atoms with van der Waals surface area (Å²) in [5.74, 6) is -0.589. The summed E-state index contributed by atoms with van der Waals surface area (Å²) < 4.78 is 16.0. The van der Waals surface area contributed by atoms with Crippen molar-refractivity contribution in [1.29, 1.82) is 0 Å². The molecule has 0 radical (unpaired) electrons. The third kappa shape index (κ3) is 5.70. The number of ether oxygens (including phenoxy) is 2. The van der Waals surface area contributed by atoms with E-state index in [1.807, 2.05) is 51.1 Å². The zero-order valence-corrected chi connectivity index (χ0v) is 17.2. The maximum atomic E-state index is 12.5. The van der Waals surface area contributed by atoms with Crippen molar-refractivity contribution < 1.29 is 23.6 Å². The number of nitrogens with zero attached hydrogens (tertiary/aromatic N) is 1. The van der Waals surface area contributed by atoms with Crippen molar-refractivity contribution in [3.63, 3.8) is 0 Å². The molecule has 1 amide bonds. The van der Waals surface area contributed by atoms with E-state index in [4.69, 9.17) is 14.0 Å². The molecule has 1 N–H and O–H groups in total. The van der Waals surface area contributed by atoms with Crippen molar-refractivity contribution in [2.24, 2.45) is 0 Å². The van der Waals surface area contributed by atoms with Crippen LogP contribution in [-0.2, 0) is 21.6 Å². The molecule has 3 aromatic rings. The Morgan fingerprint density at radius 3 is 2.43 bits per heavy atom. The molecule has 0 unspecified atom stereocenters. The van der Waals surface area contributed by atoms with Crippen LogP contribution < -0.4 is 10.1 Å². The highest BCUT2D eigenvalue weighted by atomic mass is 16.5. The van der Waals surface area contributed by atoms with Gasteiger partial charge in [0.25, 0.3) is 5.91 Å². The molecule has 0 saturated carbocycles. The third-order valence-electron chi connectivity index (χ3n) is 4.22. The molecule has 3 rings (SSSR count). The number of esters is 1. The molecular formula is C23H24N2O5. The number of hydrogen-bond acceptors (Lipinski definition) is 6. The highest BCUT2D eigenvalue weighted by Crippen LogP contribution is 2.24. The Morgan fingerprint density at radius 2 is 1.73 bits per heavy atom. The van der Waals surface area contributed by atoms with E-state index < -0.39 is 18.5 Å². The van der Waals surface area contributed by atoms with Crippen LogP contribution in [0.1, 0.15) is 42.4 Å². The van der Waals surface area contributed by atoms with Gasteiger partial charge >= 0.3 is 5.97 Å². The predicted molar refractivity (Wildman–Crippen MR) is 111 cm³/mol. The lowest BCUT2D eigenvalue weighted by molar-refractivity contribution is -0.119. The number of rotatable bonds is 7. The van der Waals surface area contributed by atoms with E-state index in [0.717, 1.165) is 5.56 Å². The van der Waals surface area contributed by atoms with Gasteiger partial charge < -0.3 is 14.0 Å².